The van der Waals surface area contributed by atoms with Crippen LogP contribution in [0.2, 0.25) is 0 Å². The van der Waals surface area contributed by atoms with Crippen LogP contribution in [0.4, 0.5) is 5.69 Å². The standard InChI is InChI=1S/C17H20N2O5/c20-15-9-13(12-3-1-2-4-14(12)18-15)17(23)19(10-16(21)22)11-5-7-24-8-6-11/h1-4,11,13H,5-10H2,(H,18,20)(H,21,22)/t13-/m0/s1. The smallest absolute Gasteiger partial charge is 0.323 e. The number of carbonyl (C=O) groups excluding carboxylic acids is 2. The number of anilines is 1. The Morgan fingerprint density at radius 1 is 1.25 bits per heavy atom. The number of carboxylic acid groups (broad SMARTS) is 1. The van der Waals surface area contributed by atoms with Crippen LogP contribution in [-0.2, 0) is 19.1 Å². The fourth-order valence-corrected chi connectivity index (χ4v) is 3.36. The van der Waals surface area contributed by atoms with Gasteiger partial charge in [-0.3, -0.25) is 14.4 Å². The maximum atomic E-state index is 13.1. The summed E-state index contributed by atoms with van der Waals surface area (Å²) in [4.78, 5) is 37.7. The van der Waals surface area contributed by atoms with E-state index in [0.717, 1.165) is 5.56 Å². The van der Waals surface area contributed by atoms with Crippen LogP contribution in [0, 0.1) is 0 Å². The minimum atomic E-state index is -1.05. The summed E-state index contributed by atoms with van der Waals surface area (Å²) < 4.78 is 5.30. The topological polar surface area (TPSA) is 95.9 Å². The summed E-state index contributed by atoms with van der Waals surface area (Å²) in [6.07, 6.45) is 1.26. The van der Waals surface area contributed by atoms with Crippen LogP contribution in [0.5, 0.6) is 0 Å². The average Bonchev–Trinajstić information content (AvgIpc) is 2.59. The minimum Gasteiger partial charge on any atom is -0.480 e. The lowest BCUT2D eigenvalue weighted by atomic mass is 9.88. The summed E-state index contributed by atoms with van der Waals surface area (Å²) in [5.74, 6) is -2.22. The van der Waals surface area contributed by atoms with Crippen LogP contribution in [0.25, 0.3) is 0 Å². The number of nitrogens with zero attached hydrogens (tertiary/aromatic N) is 1. The Bertz CT molecular complexity index is 654. The normalized spacial score (nSPS) is 20.8. The van der Waals surface area contributed by atoms with Gasteiger partial charge in [-0.1, -0.05) is 18.2 Å². The van der Waals surface area contributed by atoms with E-state index in [2.05, 4.69) is 5.32 Å². The Morgan fingerprint density at radius 3 is 2.67 bits per heavy atom. The number of hydrogen-bond acceptors (Lipinski definition) is 4. The molecular formula is C17H20N2O5. The Morgan fingerprint density at radius 2 is 1.96 bits per heavy atom. The molecule has 1 atom stereocenters. The SMILES string of the molecule is O=C(O)CN(C(=O)[C@H]1CC(=O)Nc2ccccc21)C1CCOCC1. The van der Waals surface area contributed by atoms with Crippen molar-refractivity contribution in [1.82, 2.24) is 4.90 Å². The van der Waals surface area contributed by atoms with Gasteiger partial charge in [0.2, 0.25) is 11.8 Å². The number of nitrogens with one attached hydrogen (secondary N) is 1. The summed E-state index contributed by atoms with van der Waals surface area (Å²) in [7, 11) is 0. The molecule has 2 aliphatic heterocycles. The zero-order valence-corrected chi connectivity index (χ0v) is 13.2. The van der Waals surface area contributed by atoms with Crippen molar-refractivity contribution in [1.29, 1.82) is 0 Å². The largest absolute Gasteiger partial charge is 0.480 e. The first-order valence-electron chi connectivity index (χ1n) is 8.05. The molecule has 3 rings (SSSR count). The van der Waals surface area contributed by atoms with Crippen molar-refractivity contribution >= 4 is 23.5 Å². The highest BCUT2D eigenvalue weighted by molar-refractivity contribution is 6.01. The van der Waals surface area contributed by atoms with Crippen LogP contribution in [0.1, 0.15) is 30.7 Å². The van der Waals surface area contributed by atoms with E-state index in [1.165, 1.54) is 4.90 Å². The van der Waals surface area contributed by atoms with Crippen molar-refractivity contribution < 1.29 is 24.2 Å². The lowest BCUT2D eigenvalue weighted by molar-refractivity contribution is -0.149. The number of aliphatic carboxylic acids is 1. The second-order valence-corrected chi connectivity index (χ2v) is 6.10. The Kier molecular flexibility index (Phi) is 4.80. The molecule has 0 aliphatic carbocycles. The first kappa shape index (κ1) is 16.4. The van der Waals surface area contributed by atoms with Gasteiger partial charge >= 0.3 is 5.97 Å². The monoisotopic (exact) mass is 332 g/mol. The second kappa shape index (κ2) is 7.00. The maximum absolute atomic E-state index is 13.1. The third-order valence-electron chi connectivity index (χ3n) is 4.52. The van der Waals surface area contributed by atoms with Crippen molar-refractivity contribution in [3.05, 3.63) is 29.8 Å². The predicted molar refractivity (Wildman–Crippen MR) is 85.6 cm³/mol. The van der Waals surface area contributed by atoms with Crippen molar-refractivity contribution in [2.75, 3.05) is 25.1 Å². The van der Waals surface area contributed by atoms with E-state index in [9.17, 15) is 19.5 Å². The molecule has 7 nitrogen and oxygen atoms in total. The highest BCUT2D eigenvalue weighted by Gasteiger charge is 2.37. The van der Waals surface area contributed by atoms with Gasteiger partial charge in [-0.15, -0.1) is 0 Å². The van der Waals surface area contributed by atoms with Gasteiger partial charge in [0, 0.05) is 31.4 Å². The molecule has 0 unspecified atom stereocenters. The summed E-state index contributed by atoms with van der Waals surface area (Å²) >= 11 is 0. The number of fused-ring (bicyclic) bond motifs is 1. The molecule has 1 aromatic rings. The highest BCUT2D eigenvalue weighted by Crippen LogP contribution is 2.34. The van der Waals surface area contributed by atoms with Gasteiger partial charge in [0.25, 0.3) is 0 Å². The molecule has 0 saturated carbocycles. The van der Waals surface area contributed by atoms with E-state index in [-0.39, 0.29) is 30.8 Å². The van der Waals surface area contributed by atoms with E-state index < -0.39 is 11.9 Å². The van der Waals surface area contributed by atoms with Crippen molar-refractivity contribution in [2.24, 2.45) is 0 Å². The number of carboxylic acids is 1. The number of carbonyl (C=O) groups is 3. The Hall–Kier alpha value is -2.41. The van der Waals surface area contributed by atoms with Gasteiger partial charge in [-0.2, -0.15) is 0 Å². The molecule has 2 aliphatic rings. The zero-order valence-electron chi connectivity index (χ0n) is 13.2. The maximum Gasteiger partial charge on any atom is 0.323 e. The quantitative estimate of drug-likeness (QED) is 0.864. The van der Waals surface area contributed by atoms with Gasteiger partial charge in [0.05, 0.1) is 5.92 Å². The lowest BCUT2D eigenvalue weighted by Crippen LogP contribution is -2.48. The second-order valence-electron chi connectivity index (χ2n) is 6.10. The fraction of sp³-hybridized carbons (Fsp3) is 0.471. The van der Waals surface area contributed by atoms with Crippen LogP contribution in [0.15, 0.2) is 24.3 Å². The molecule has 1 saturated heterocycles. The molecule has 2 heterocycles. The molecule has 1 fully saturated rings. The van der Waals surface area contributed by atoms with Crippen LogP contribution < -0.4 is 5.32 Å². The lowest BCUT2D eigenvalue weighted by Gasteiger charge is -2.36. The van der Waals surface area contributed by atoms with Gasteiger partial charge in [-0.05, 0) is 24.5 Å². The molecule has 0 bridgehead atoms. The fourth-order valence-electron chi connectivity index (χ4n) is 3.36. The zero-order chi connectivity index (χ0) is 17.1. The third kappa shape index (κ3) is 3.41. The van der Waals surface area contributed by atoms with Crippen molar-refractivity contribution in [3.8, 4) is 0 Å². The van der Waals surface area contributed by atoms with Gasteiger partial charge in [0.15, 0.2) is 0 Å². The number of ether oxygens (including phenoxy) is 1. The Labute approximate surface area is 139 Å². The number of hydrogen-bond donors (Lipinski definition) is 2. The number of amides is 2. The molecule has 7 heteroatoms. The van der Waals surface area contributed by atoms with Crippen molar-refractivity contribution in [3.63, 3.8) is 0 Å². The number of para-hydroxylation sites is 1. The molecule has 0 radical (unpaired) electrons. The molecular weight excluding hydrogens is 312 g/mol. The van der Waals surface area contributed by atoms with E-state index >= 15 is 0 Å². The van der Waals surface area contributed by atoms with E-state index in [1.807, 2.05) is 6.07 Å². The Balaban J connectivity index is 1.89. The van der Waals surface area contributed by atoms with E-state index in [0.29, 0.717) is 31.7 Å². The van der Waals surface area contributed by atoms with Crippen LogP contribution >= 0.6 is 0 Å². The predicted octanol–water partition coefficient (Wildman–Crippen LogP) is 1.20. The summed E-state index contributed by atoms with van der Waals surface area (Å²) in [6, 6.07) is 6.99. The summed E-state index contributed by atoms with van der Waals surface area (Å²) in [5, 5.41) is 12.0. The molecule has 0 spiro atoms. The first-order chi connectivity index (χ1) is 11.6. The average molecular weight is 332 g/mol. The minimum absolute atomic E-state index is 0.0369. The van der Waals surface area contributed by atoms with Gasteiger partial charge < -0.3 is 20.1 Å². The summed E-state index contributed by atoms with van der Waals surface area (Å²) in [5.41, 5.74) is 1.36. The van der Waals surface area contributed by atoms with Gasteiger partial charge in [0.1, 0.15) is 6.54 Å². The van der Waals surface area contributed by atoms with Crippen LogP contribution in [-0.4, -0.2) is 53.6 Å². The molecule has 2 N–H and O–H groups in total. The van der Waals surface area contributed by atoms with Crippen molar-refractivity contribution in [2.45, 2.75) is 31.2 Å². The number of rotatable bonds is 4. The molecule has 24 heavy (non-hydrogen) atoms. The molecule has 1 aromatic carbocycles. The van der Waals surface area contributed by atoms with E-state index in [4.69, 9.17) is 4.74 Å². The molecule has 128 valence electrons. The van der Waals surface area contributed by atoms with E-state index in [1.54, 1.807) is 18.2 Å². The number of benzene rings is 1. The first-order valence-corrected chi connectivity index (χ1v) is 8.05. The van der Waals surface area contributed by atoms with Gasteiger partial charge in [-0.25, -0.2) is 0 Å². The third-order valence-corrected chi connectivity index (χ3v) is 4.52. The summed E-state index contributed by atoms with van der Waals surface area (Å²) in [6.45, 7) is 0.662. The molecule has 2 amide bonds. The van der Waals surface area contributed by atoms with Crippen LogP contribution in [0.3, 0.4) is 0 Å². The molecule has 0 aromatic heterocycles. The highest BCUT2D eigenvalue weighted by atomic mass is 16.5.